The zero-order valence-corrected chi connectivity index (χ0v) is 6.08. The van der Waals surface area contributed by atoms with Gasteiger partial charge in [-0.15, -0.1) is 0 Å². The summed E-state index contributed by atoms with van der Waals surface area (Å²) >= 11 is 0. The molecule has 2 rings (SSSR count). The lowest BCUT2D eigenvalue weighted by Gasteiger charge is -2.11. The van der Waals surface area contributed by atoms with Crippen molar-refractivity contribution in [1.82, 2.24) is 0 Å². The van der Waals surface area contributed by atoms with Gasteiger partial charge >= 0.3 is 0 Å². The van der Waals surface area contributed by atoms with Crippen molar-refractivity contribution in [1.29, 1.82) is 0 Å². The van der Waals surface area contributed by atoms with Gasteiger partial charge < -0.3 is 14.2 Å². The van der Waals surface area contributed by atoms with E-state index in [1.807, 2.05) is 0 Å². The molecule has 0 aromatic carbocycles. The zero-order valence-electron chi connectivity index (χ0n) is 6.08. The Hall–Kier alpha value is -0.120. The smallest absolute Gasteiger partial charge is 0.163 e. The molecule has 58 valence electrons. The van der Waals surface area contributed by atoms with Gasteiger partial charge in [-0.2, -0.15) is 0 Å². The third-order valence-corrected chi connectivity index (χ3v) is 2.29. The van der Waals surface area contributed by atoms with Gasteiger partial charge in [-0.3, -0.25) is 0 Å². The summed E-state index contributed by atoms with van der Waals surface area (Å²) in [5.41, 5.74) is 0. The molecule has 0 saturated carbocycles. The first-order chi connectivity index (χ1) is 4.92. The molecular formula is C7H12O3. The molecule has 3 atom stereocenters. The fourth-order valence-corrected chi connectivity index (χ4v) is 1.67. The molecule has 2 unspecified atom stereocenters. The van der Waals surface area contributed by atoms with Gasteiger partial charge in [-0.1, -0.05) is 0 Å². The molecule has 3 heteroatoms. The van der Waals surface area contributed by atoms with Gasteiger partial charge in [0.1, 0.15) is 0 Å². The molecular weight excluding hydrogens is 132 g/mol. The molecule has 2 aliphatic heterocycles. The maximum absolute atomic E-state index is 5.33. The van der Waals surface area contributed by atoms with E-state index in [-0.39, 0.29) is 12.4 Å². The fraction of sp³-hybridized carbons (Fsp3) is 1.00. The van der Waals surface area contributed by atoms with Crippen molar-refractivity contribution in [3.63, 3.8) is 0 Å². The van der Waals surface area contributed by atoms with Crippen LogP contribution in [0.3, 0.4) is 0 Å². The summed E-state index contributed by atoms with van der Waals surface area (Å²) in [5.74, 6) is 0.491. The maximum Gasteiger partial charge on any atom is 0.163 e. The van der Waals surface area contributed by atoms with E-state index in [2.05, 4.69) is 0 Å². The monoisotopic (exact) mass is 144 g/mol. The van der Waals surface area contributed by atoms with Crippen molar-refractivity contribution >= 4 is 0 Å². The molecule has 2 saturated heterocycles. The van der Waals surface area contributed by atoms with Crippen molar-refractivity contribution < 1.29 is 14.2 Å². The van der Waals surface area contributed by atoms with Crippen LogP contribution in [0, 0.1) is 5.92 Å². The van der Waals surface area contributed by atoms with E-state index in [4.69, 9.17) is 14.2 Å². The molecule has 0 aliphatic carbocycles. The molecule has 0 bridgehead atoms. The quantitative estimate of drug-likeness (QED) is 0.533. The Morgan fingerprint density at radius 3 is 3.10 bits per heavy atom. The number of rotatable bonds is 1. The van der Waals surface area contributed by atoms with E-state index in [0.29, 0.717) is 12.5 Å². The standard InChI is InChI=1S/C7H12O3/c1-8-6-4-10-7-5(6)2-3-9-7/h5-7H,2-4H2,1H3/t5-,6?,7?/m1/s1. The van der Waals surface area contributed by atoms with Gasteiger partial charge in [0.15, 0.2) is 6.29 Å². The van der Waals surface area contributed by atoms with E-state index in [1.54, 1.807) is 7.11 Å². The maximum atomic E-state index is 5.33. The molecule has 2 fully saturated rings. The number of ether oxygens (including phenoxy) is 3. The topological polar surface area (TPSA) is 27.7 Å². The van der Waals surface area contributed by atoms with Gasteiger partial charge in [0.2, 0.25) is 0 Å². The molecule has 0 radical (unpaired) electrons. The number of fused-ring (bicyclic) bond motifs is 1. The predicted octanol–water partition coefficient (Wildman–Crippen LogP) is 0.394. The van der Waals surface area contributed by atoms with E-state index in [9.17, 15) is 0 Å². The Morgan fingerprint density at radius 2 is 2.30 bits per heavy atom. The van der Waals surface area contributed by atoms with Crippen LogP contribution in [0.1, 0.15) is 6.42 Å². The lowest BCUT2D eigenvalue weighted by molar-refractivity contribution is -0.0907. The Morgan fingerprint density at radius 1 is 1.40 bits per heavy atom. The summed E-state index contributed by atoms with van der Waals surface area (Å²) in [7, 11) is 1.73. The fourth-order valence-electron chi connectivity index (χ4n) is 1.67. The third-order valence-electron chi connectivity index (χ3n) is 2.29. The second-order valence-electron chi connectivity index (χ2n) is 2.80. The molecule has 0 aromatic rings. The number of methoxy groups -OCH3 is 1. The van der Waals surface area contributed by atoms with Crippen LogP contribution >= 0.6 is 0 Å². The van der Waals surface area contributed by atoms with Crippen LogP contribution < -0.4 is 0 Å². The summed E-state index contributed by atoms with van der Waals surface area (Å²) in [6, 6.07) is 0. The van der Waals surface area contributed by atoms with E-state index < -0.39 is 0 Å². The average molecular weight is 144 g/mol. The van der Waals surface area contributed by atoms with Crippen molar-refractivity contribution in [2.45, 2.75) is 18.8 Å². The van der Waals surface area contributed by atoms with Crippen LogP contribution in [-0.4, -0.2) is 32.7 Å². The van der Waals surface area contributed by atoms with Crippen molar-refractivity contribution in [3.05, 3.63) is 0 Å². The predicted molar refractivity (Wildman–Crippen MR) is 34.6 cm³/mol. The molecule has 10 heavy (non-hydrogen) atoms. The molecule has 0 aromatic heterocycles. The van der Waals surface area contributed by atoms with E-state index >= 15 is 0 Å². The first-order valence-corrected chi connectivity index (χ1v) is 3.68. The van der Waals surface area contributed by atoms with Crippen molar-refractivity contribution in [2.75, 3.05) is 20.3 Å². The molecule has 3 nitrogen and oxygen atoms in total. The molecule has 0 amide bonds. The minimum atomic E-state index is 0.0324. The second kappa shape index (κ2) is 2.49. The molecule has 2 heterocycles. The lowest BCUT2D eigenvalue weighted by atomic mass is 10.0. The minimum Gasteiger partial charge on any atom is -0.379 e. The highest BCUT2D eigenvalue weighted by Crippen LogP contribution is 2.32. The Bertz CT molecular complexity index is 126. The second-order valence-corrected chi connectivity index (χ2v) is 2.80. The van der Waals surface area contributed by atoms with Crippen LogP contribution in [0.4, 0.5) is 0 Å². The summed E-state index contributed by atoms with van der Waals surface area (Å²) < 4.78 is 15.9. The Balaban J connectivity index is 2.01. The Labute approximate surface area is 60.3 Å². The molecule has 0 spiro atoms. The van der Waals surface area contributed by atoms with Gasteiger partial charge in [0.25, 0.3) is 0 Å². The summed E-state index contributed by atoms with van der Waals surface area (Å²) in [4.78, 5) is 0. The molecule has 0 N–H and O–H groups in total. The average Bonchev–Trinajstić information content (AvgIpc) is 2.44. The number of hydrogen-bond donors (Lipinski definition) is 0. The van der Waals surface area contributed by atoms with Crippen LogP contribution in [0.25, 0.3) is 0 Å². The first kappa shape index (κ1) is 6.58. The van der Waals surface area contributed by atoms with Crippen LogP contribution in [0.15, 0.2) is 0 Å². The van der Waals surface area contributed by atoms with Crippen LogP contribution in [0.2, 0.25) is 0 Å². The normalized spacial score (nSPS) is 45.9. The minimum absolute atomic E-state index is 0.0324. The highest BCUT2D eigenvalue weighted by atomic mass is 16.7. The lowest BCUT2D eigenvalue weighted by Crippen LogP contribution is -2.21. The third kappa shape index (κ3) is 0.856. The van der Waals surface area contributed by atoms with Gasteiger partial charge in [-0.05, 0) is 6.42 Å². The van der Waals surface area contributed by atoms with Crippen LogP contribution in [0.5, 0.6) is 0 Å². The summed E-state index contributed by atoms with van der Waals surface area (Å²) in [6.45, 7) is 1.53. The van der Waals surface area contributed by atoms with Crippen molar-refractivity contribution in [3.8, 4) is 0 Å². The van der Waals surface area contributed by atoms with Crippen molar-refractivity contribution in [2.24, 2.45) is 5.92 Å². The van der Waals surface area contributed by atoms with Gasteiger partial charge in [0, 0.05) is 13.0 Å². The Kier molecular flexibility index (Phi) is 1.64. The molecule has 2 aliphatic rings. The van der Waals surface area contributed by atoms with Crippen LogP contribution in [-0.2, 0) is 14.2 Å². The SMILES string of the molecule is COC1COC2OCC[C@H]12. The zero-order chi connectivity index (χ0) is 6.97. The van der Waals surface area contributed by atoms with Gasteiger partial charge in [-0.25, -0.2) is 0 Å². The largest absolute Gasteiger partial charge is 0.379 e. The number of hydrogen-bond acceptors (Lipinski definition) is 3. The van der Waals surface area contributed by atoms with Gasteiger partial charge in [0.05, 0.1) is 19.3 Å². The highest BCUT2D eigenvalue weighted by molar-refractivity contribution is 4.83. The van der Waals surface area contributed by atoms with E-state index in [1.165, 1.54) is 0 Å². The van der Waals surface area contributed by atoms with E-state index in [0.717, 1.165) is 13.0 Å². The first-order valence-electron chi connectivity index (χ1n) is 3.68. The summed E-state index contributed by atoms with van der Waals surface area (Å²) in [6.07, 6.45) is 1.39. The highest BCUT2D eigenvalue weighted by Gasteiger charge is 2.41. The summed E-state index contributed by atoms with van der Waals surface area (Å²) in [5, 5.41) is 0.